The number of hydrogen-bond donors (Lipinski definition) is 2. The predicted molar refractivity (Wildman–Crippen MR) is 116 cm³/mol. The van der Waals surface area contributed by atoms with Crippen LogP contribution in [-0.4, -0.2) is 57.7 Å². The first-order chi connectivity index (χ1) is 14.1. The third-order valence-corrected chi connectivity index (χ3v) is 4.27. The summed E-state index contributed by atoms with van der Waals surface area (Å²) >= 11 is 0. The fraction of sp³-hybridized carbons (Fsp3) is 0.364. The fourth-order valence-corrected chi connectivity index (χ4v) is 2.79. The number of hydrogen-bond acceptors (Lipinski definition) is 4. The van der Waals surface area contributed by atoms with E-state index in [0.29, 0.717) is 31.8 Å². The molecule has 0 atom stereocenters. The highest BCUT2D eigenvalue weighted by molar-refractivity contribution is 5.94. The second-order valence-corrected chi connectivity index (χ2v) is 6.39. The number of nitrogens with zero attached hydrogens (tertiary/aromatic N) is 2. The lowest BCUT2D eigenvalue weighted by Crippen LogP contribution is -2.42. The Morgan fingerprint density at radius 2 is 1.62 bits per heavy atom. The van der Waals surface area contributed by atoms with Crippen LogP contribution in [0.2, 0.25) is 0 Å². The van der Waals surface area contributed by atoms with Gasteiger partial charge in [-0.15, -0.1) is 0 Å². The minimum atomic E-state index is -0.118. The molecule has 0 heterocycles. The molecule has 2 rings (SSSR count). The smallest absolute Gasteiger partial charge is 0.251 e. The first-order valence-corrected chi connectivity index (χ1v) is 9.63. The van der Waals surface area contributed by atoms with Crippen molar-refractivity contribution in [2.75, 3.05) is 40.9 Å². The lowest BCUT2D eigenvalue weighted by atomic mass is 10.2. The molecule has 29 heavy (non-hydrogen) atoms. The Bertz CT molecular complexity index is 789. The molecule has 0 radical (unpaired) electrons. The van der Waals surface area contributed by atoms with E-state index in [1.54, 1.807) is 38.4 Å². The van der Waals surface area contributed by atoms with Gasteiger partial charge in [0.15, 0.2) is 5.96 Å². The number of guanidine groups is 1. The molecular formula is C22H30N4O3. The molecule has 0 saturated carbocycles. The largest absolute Gasteiger partial charge is 0.497 e. The SMILES string of the molecule is CCOc1ccc(CN(C)C(=NC)NCCNC(=O)c2ccc(OC)cc2)cc1. The highest BCUT2D eigenvalue weighted by Gasteiger charge is 2.08. The van der Waals surface area contributed by atoms with Gasteiger partial charge in [0.05, 0.1) is 13.7 Å². The van der Waals surface area contributed by atoms with Gasteiger partial charge in [-0.05, 0) is 48.9 Å². The summed E-state index contributed by atoms with van der Waals surface area (Å²) in [5, 5.41) is 6.16. The van der Waals surface area contributed by atoms with Gasteiger partial charge in [0.2, 0.25) is 0 Å². The number of rotatable bonds is 9. The zero-order valence-corrected chi connectivity index (χ0v) is 17.6. The van der Waals surface area contributed by atoms with Crippen molar-refractivity contribution in [1.29, 1.82) is 0 Å². The number of aliphatic imine (C=N–C) groups is 1. The molecule has 2 N–H and O–H groups in total. The van der Waals surface area contributed by atoms with Crippen molar-refractivity contribution in [2.45, 2.75) is 13.5 Å². The van der Waals surface area contributed by atoms with Gasteiger partial charge in [-0.25, -0.2) is 0 Å². The van der Waals surface area contributed by atoms with E-state index in [0.717, 1.165) is 23.0 Å². The predicted octanol–water partition coefficient (Wildman–Crippen LogP) is 2.53. The molecule has 2 aromatic rings. The number of carbonyl (C=O) groups excluding carboxylic acids is 1. The van der Waals surface area contributed by atoms with Crippen LogP contribution in [0.15, 0.2) is 53.5 Å². The second-order valence-electron chi connectivity index (χ2n) is 6.39. The zero-order valence-electron chi connectivity index (χ0n) is 17.6. The second kappa shape index (κ2) is 11.6. The molecule has 7 nitrogen and oxygen atoms in total. The summed E-state index contributed by atoms with van der Waals surface area (Å²) in [7, 11) is 5.31. The number of ether oxygens (including phenoxy) is 2. The molecule has 0 saturated heterocycles. The molecule has 2 aromatic carbocycles. The third kappa shape index (κ3) is 7.03. The van der Waals surface area contributed by atoms with Crippen LogP contribution in [0.1, 0.15) is 22.8 Å². The maximum atomic E-state index is 12.2. The van der Waals surface area contributed by atoms with E-state index in [1.807, 2.05) is 43.1 Å². The lowest BCUT2D eigenvalue weighted by molar-refractivity contribution is 0.0954. The van der Waals surface area contributed by atoms with Crippen LogP contribution in [0.5, 0.6) is 11.5 Å². The highest BCUT2D eigenvalue weighted by atomic mass is 16.5. The van der Waals surface area contributed by atoms with E-state index in [9.17, 15) is 4.79 Å². The van der Waals surface area contributed by atoms with Crippen molar-refractivity contribution in [3.8, 4) is 11.5 Å². The normalized spacial score (nSPS) is 11.0. The molecule has 156 valence electrons. The molecule has 1 amide bonds. The Hall–Kier alpha value is -3.22. The van der Waals surface area contributed by atoms with E-state index in [1.165, 1.54) is 0 Å². The maximum Gasteiger partial charge on any atom is 0.251 e. The summed E-state index contributed by atoms with van der Waals surface area (Å²) in [5.41, 5.74) is 1.76. The molecule has 0 aliphatic rings. The number of nitrogens with one attached hydrogen (secondary N) is 2. The van der Waals surface area contributed by atoms with Crippen LogP contribution >= 0.6 is 0 Å². The van der Waals surface area contributed by atoms with Crippen molar-refractivity contribution < 1.29 is 14.3 Å². The summed E-state index contributed by atoms with van der Waals surface area (Å²) in [5.74, 6) is 2.24. The summed E-state index contributed by atoms with van der Waals surface area (Å²) in [6.45, 7) is 4.40. The van der Waals surface area contributed by atoms with Gasteiger partial charge in [-0.1, -0.05) is 12.1 Å². The molecule has 0 aromatic heterocycles. The van der Waals surface area contributed by atoms with E-state index >= 15 is 0 Å². The molecule has 0 unspecified atom stereocenters. The number of carbonyl (C=O) groups is 1. The average Bonchev–Trinajstić information content (AvgIpc) is 2.75. The van der Waals surface area contributed by atoms with E-state index < -0.39 is 0 Å². The van der Waals surface area contributed by atoms with Crippen LogP contribution in [0, 0.1) is 0 Å². The topological polar surface area (TPSA) is 75.2 Å². The standard InChI is InChI=1S/C22H30N4O3/c1-5-29-20-10-6-17(7-11-20)16-26(3)22(23-2)25-15-14-24-21(27)18-8-12-19(28-4)13-9-18/h6-13H,5,14-16H2,1-4H3,(H,23,25)(H,24,27). The van der Waals surface area contributed by atoms with Crippen LogP contribution in [-0.2, 0) is 6.54 Å². The van der Waals surface area contributed by atoms with Crippen LogP contribution in [0.4, 0.5) is 0 Å². The van der Waals surface area contributed by atoms with E-state index in [2.05, 4.69) is 15.6 Å². The highest BCUT2D eigenvalue weighted by Crippen LogP contribution is 2.13. The van der Waals surface area contributed by atoms with Crippen molar-refractivity contribution in [3.63, 3.8) is 0 Å². The Labute approximate surface area is 172 Å². The van der Waals surface area contributed by atoms with Gasteiger partial charge < -0.3 is 25.0 Å². The molecular weight excluding hydrogens is 368 g/mol. The maximum absolute atomic E-state index is 12.2. The Morgan fingerprint density at radius 3 is 2.21 bits per heavy atom. The molecule has 0 spiro atoms. The molecule has 0 aliphatic heterocycles. The summed E-state index contributed by atoms with van der Waals surface area (Å²) in [6, 6.07) is 15.1. The van der Waals surface area contributed by atoms with Crippen LogP contribution in [0.3, 0.4) is 0 Å². The molecule has 7 heteroatoms. The monoisotopic (exact) mass is 398 g/mol. The Balaban J connectivity index is 1.76. The van der Waals surface area contributed by atoms with Gasteiger partial charge in [0, 0.05) is 39.3 Å². The van der Waals surface area contributed by atoms with Gasteiger partial charge in [0.1, 0.15) is 11.5 Å². The van der Waals surface area contributed by atoms with Gasteiger partial charge >= 0.3 is 0 Å². The van der Waals surface area contributed by atoms with Crippen molar-refractivity contribution >= 4 is 11.9 Å². The minimum absolute atomic E-state index is 0.118. The summed E-state index contributed by atoms with van der Waals surface area (Å²) < 4.78 is 10.6. The van der Waals surface area contributed by atoms with Crippen LogP contribution in [0.25, 0.3) is 0 Å². The van der Waals surface area contributed by atoms with E-state index in [4.69, 9.17) is 9.47 Å². The van der Waals surface area contributed by atoms with Crippen molar-refractivity contribution in [1.82, 2.24) is 15.5 Å². The summed E-state index contributed by atoms with van der Waals surface area (Å²) in [4.78, 5) is 18.5. The number of amides is 1. The fourth-order valence-electron chi connectivity index (χ4n) is 2.79. The molecule has 0 fully saturated rings. The van der Waals surface area contributed by atoms with Crippen molar-refractivity contribution in [2.24, 2.45) is 4.99 Å². The van der Waals surface area contributed by atoms with Crippen LogP contribution < -0.4 is 20.1 Å². The Morgan fingerprint density at radius 1 is 1.00 bits per heavy atom. The quantitative estimate of drug-likeness (QED) is 0.386. The van der Waals surface area contributed by atoms with E-state index in [-0.39, 0.29) is 5.91 Å². The number of benzene rings is 2. The van der Waals surface area contributed by atoms with Gasteiger partial charge in [0.25, 0.3) is 5.91 Å². The molecule has 0 bridgehead atoms. The lowest BCUT2D eigenvalue weighted by Gasteiger charge is -2.22. The van der Waals surface area contributed by atoms with Crippen molar-refractivity contribution in [3.05, 3.63) is 59.7 Å². The first-order valence-electron chi connectivity index (χ1n) is 9.63. The zero-order chi connectivity index (χ0) is 21.1. The third-order valence-electron chi connectivity index (χ3n) is 4.27. The summed E-state index contributed by atoms with van der Waals surface area (Å²) in [6.07, 6.45) is 0. The molecule has 0 aliphatic carbocycles. The minimum Gasteiger partial charge on any atom is -0.497 e. The Kier molecular flexibility index (Phi) is 8.82. The number of methoxy groups -OCH3 is 1. The van der Waals surface area contributed by atoms with Gasteiger partial charge in [-0.2, -0.15) is 0 Å². The average molecular weight is 399 g/mol. The first kappa shape index (κ1) is 22.1. The van der Waals surface area contributed by atoms with Gasteiger partial charge in [-0.3, -0.25) is 9.79 Å².